The number of phenolic OH excluding ortho intramolecular Hbond substituents is 2. The smallest absolute Gasteiger partial charge is 0.303 e. The first-order valence-electron chi connectivity index (χ1n) is 17.4. The standard InChI is InChI=1S/C38H54O8/c39-30-25-23-29(24-26-30)37(45)38(46)33-27-28-34(40)32(20-16-12-8-4-2-6-10-14-18-22-36(43)44)31(33)19-15-11-7-3-1-5-9-13-17-21-35(41)42/h23-28,39-40H,1-22H2,(H,41,42)(H,43,44). The Labute approximate surface area is 274 Å². The van der Waals surface area contributed by atoms with Crippen LogP contribution in [0.3, 0.4) is 0 Å². The van der Waals surface area contributed by atoms with E-state index in [1.54, 1.807) is 6.07 Å². The maximum atomic E-state index is 13.5. The highest BCUT2D eigenvalue weighted by molar-refractivity contribution is 6.49. The summed E-state index contributed by atoms with van der Waals surface area (Å²) in [5.41, 5.74) is 2.07. The van der Waals surface area contributed by atoms with Gasteiger partial charge in [0.25, 0.3) is 0 Å². The van der Waals surface area contributed by atoms with E-state index in [4.69, 9.17) is 10.2 Å². The fourth-order valence-electron chi connectivity index (χ4n) is 5.95. The molecule has 0 aliphatic rings. The predicted molar refractivity (Wildman–Crippen MR) is 180 cm³/mol. The average Bonchev–Trinajstić information content (AvgIpc) is 3.02. The van der Waals surface area contributed by atoms with Crippen molar-refractivity contribution in [2.24, 2.45) is 0 Å². The maximum absolute atomic E-state index is 13.5. The lowest BCUT2D eigenvalue weighted by Gasteiger charge is -2.16. The van der Waals surface area contributed by atoms with E-state index in [-0.39, 0.29) is 29.9 Å². The van der Waals surface area contributed by atoms with Crippen molar-refractivity contribution in [1.82, 2.24) is 0 Å². The molecule has 0 saturated carbocycles. The van der Waals surface area contributed by atoms with Gasteiger partial charge in [-0.25, -0.2) is 0 Å². The molecular weight excluding hydrogens is 584 g/mol. The quantitative estimate of drug-likeness (QED) is 0.0430. The van der Waals surface area contributed by atoms with Crippen LogP contribution in [-0.4, -0.2) is 43.9 Å². The fourth-order valence-corrected chi connectivity index (χ4v) is 5.95. The van der Waals surface area contributed by atoms with Gasteiger partial charge in [0, 0.05) is 24.0 Å². The van der Waals surface area contributed by atoms with Gasteiger partial charge >= 0.3 is 11.9 Å². The molecule has 8 nitrogen and oxygen atoms in total. The molecule has 0 radical (unpaired) electrons. The van der Waals surface area contributed by atoms with Crippen LogP contribution in [0.5, 0.6) is 11.5 Å². The first-order chi connectivity index (χ1) is 22.2. The number of aliphatic carboxylic acids is 2. The normalized spacial score (nSPS) is 11.0. The zero-order valence-electron chi connectivity index (χ0n) is 27.4. The molecule has 0 saturated heterocycles. The molecular formula is C38H54O8. The number of Topliss-reactive ketones (excluding diaryl/α,β-unsaturated/α-hetero) is 2. The molecule has 0 aliphatic carbocycles. The molecule has 0 fully saturated rings. The topological polar surface area (TPSA) is 149 Å². The number of hydrogen-bond acceptors (Lipinski definition) is 6. The average molecular weight is 639 g/mol. The summed E-state index contributed by atoms with van der Waals surface area (Å²) < 4.78 is 0. The number of unbranched alkanes of at least 4 members (excludes halogenated alkanes) is 16. The molecule has 254 valence electrons. The van der Waals surface area contributed by atoms with Gasteiger partial charge in [0.15, 0.2) is 0 Å². The van der Waals surface area contributed by atoms with E-state index in [1.807, 2.05) is 0 Å². The van der Waals surface area contributed by atoms with E-state index in [0.29, 0.717) is 18.4 Å². The van der Waals surface area contributed by atoms with Gasteiger partial charge in [-0.05, 0) is 86.1 Å². The van der Waals surface area contributed by atoms with Crippen LogP contribution < -0.4 is 0 Å². The number of carbonyl (C=O) groups is 4. The lowest BCUT2D eigenvalue weighted by molar-refractivity contribution is -0.138. The molecule has 2 aromatic rings. The van der Waals surface area contributed by atoms with E-state index in [0.717, 1.165) is 127 Å². The van der Waals surface area contributed by atoms with Crippen LogP contribution in [0, 0.1) is 0 Å². The summed E-state index contributed by atoms with van der Waals surface area (Å²) in [7, 11) is 0. The molecule has 2 aromatic carbocycles. The molecule has 0 unspecified atom stereocenters. The SMILES string of the molecule is O=C(O)CCCCCCCCCCCc1c(O)ccc(C(=O)C(=O)c2ccc(O)cc2)c1CCCCCCCCCCCC(=O)O. The number of carboxylic acids is 2. The summed E-state index contributed by atoms with van der Waals surface area (Å²) in [5.74, 6) is -2.53. The van der Waals surface area contributed by atoms with Crippen LogP contribution in [-0.2, 0) is 22.4 Å². The highest BCUT2D eigenvalue weighted by atomic mass is 16.4. The Hall–Kier alpha value is -3.68. The van der Waals surface area contributed by atoms with Crippen LogP contribution >= 0.6 is 0 Å². The maximum Gasteiger partial charge on any atom is 0.303 e. The zero-order chi connectivity index (χ0) is 33.6. The van der Waals surface area contributed by atoms with Crippen molar-refractivity contribution in [3.8, 4) is 11.5 Å². The minimum absolute atomic E-state index is 0.0190. The summed E-state index contributed by atoms with van der Waals surface area (Å²) >= 11 is 0. The summed E-state index contributed by atoms with van der Waals surface area (Å²) in [6.45, 7) is 0. The highest BCUT2D eigenvalue weighted by Crippen LogP contribution is 2.30. The molecule has 8 heteroatoms. The predicted octanol–water partition coefficient (Wildman–Crippen LogP) is 9.22. The third-order valence-electron chi connectivity index (χ3n) is 8.62. The van der Waals surface area contributed by atoms with Gasteiger partial charge in [-0.3, -0.25) is 19.2 Å². The van der Waals surface area contributed by atoms with E-state index in [2.05, 4.69) is 0 Å². The summed E-state index contributed by atoms with van der Waals surface area (Å²) in [4.78, 5) is 47.8. The van der Waals surface area contributed by atoms with Crippen LogP contribution in [0.1, 0.15) is 160 Å². The fraction of sp³-hybridized carbons (Fsp3) is 0.579. The Bertz CT molecular complexity index is 1220. The molecule has 46 heavy (non-hydrogen) atoms. The van der Waals surface area contributed by atoms with E-state index in [1.165, 1.54) is 30.3 Å². The molecule has 0 amide bonds. The minimum Gasteiger partial charge on any atom is -0.508 e. The molecule has 0 spiro atoms. The largest absolute Gasteiger partial charge is 0.508 e. The Morgan fingerprint density at radius 3 is 1.26 bits per heavy atom. The molecule has 0 bridgehead atoms. The second-order valence-corrected chi connectivity index (χ2v) is 12.4. The van der Waals surface area contributed by atoms with Crippen molar-refractivity contribution in [2.45, 2.75) is 141 Å². The van der Waals surface area contributed by atoms with Crippen LogP contribution in [0.2, 0.25) is 0 Å². The summed E-state index contributed by atoms with van der Waals surface area (Å²) in [5, 5.41) is 37.9. The Morgan fingerprint density at radius 1 is 0.435 bits per heavy atom. The van der Waals surface area contributed by atoms with Crippen molar-refractivity contribution in [3.63, 3.8) is 0 Å². The second-order valence-electron chi connectivity index (χ2n) is 12.4. The second kappa shape index (κ2) is 22.8. The summed E-state index contributed by atoms with van der Waals surface area (Å²) in [6.07, 6.45) is 19.7. The van der Waals surface area contributed by atoms with Gasteiger partial charge in [-0.1, -0.05) is 89.9 Å². The number of benzene rings is 2. The number of hydrogen-bond donors (Lipinski definition) is 4. The van der Waals surface area contributed by atoms with Crippen molar-refractivity contribution < 1.29 is 39.6 Å². The van der Waals surface area contributed by atoms with Gasteiger partial charge in [0.1, 0.15) is 11.5 Å². The number of rotatable bonds is 27. The van der Waals surface area contributed by atoms with Crippen LogP contribution in [0.25, 0.3) is 0 Å². The Morgan fingerprint density at radius 2 is 0.826 bits per heavy atom. The first kappa shape index (κ1) is 38.5. The monoisotopic (exact) mass is 638 g/mol. The Kier molecular flexibility index (Phi) is 19.1. The highest BCUT2D eigenvalue weighted by Gasteiger charge is 2.24. The molecule has 0 aromatic heterocycles. The molecule has 0 heterocycles. The Balaban J connectivity index is 1.92. The van der Waals surface area contributed by atoms with Crippen molar-refractivity contribution in [3.05, 3.63) is 58.7 Å². The number of carbonyl (C=O) groups excluding carboxylic acids is 2. The molecule has 2 rings (SSSR count). The van der Waals surface area contributed by atoms with E-state index in [9.17, 15) is 29.4 Å². The van der Waals surface area contributed by atoms with Gasteiger partial charge in [0.2, 0.25) is 11.6 Å². The first-order valence-corrected chi connectivity index (χ1v) is 17.4. The van der Waals surface area contributed by atoms with Crippen molar-refractivity contribution in [2.75, 3.05) is 0 Å². The molecule has 0 atom stereocenters. The number of aromatic hydroxyl groups is 2. The van der Waals surface area contributed by atoms with Crippen molar-refractivity contribution in [1.29, 1.82) is 0 Å². The van der Waals surface area contributed by atoms with Gasteiger partial charge in [-0.2, -0.15) is 0 Å². The van der Waals surface area contributed by atoms with Gasteiger partial charge in [-0.15, -0.1) is 0 Å². The van der Waals surface area contributed by atoms with Gasteiger partial charge in [0.05, 0.1) is 0 Å². The van der Waals surface area contributed by atoms with Crippen LogP contribution in [0.4, 0.5) is 0 Å². The third-order valence-corrected chi connectivity index (χ3v) is 8.62. The molecule has 0 aliphatic heterocycles. The lowest BCUT2D eigenvalue weighted by Crippen LogP contribution is -2.17. The minimum atomic E-state index is -0.737. The summed E-state index contributed by atoms with van der Waals surface area (Å²) in [6, 6.07) is 8.75. The van der Waals surface area contributed by atoms with E-state index >= 15 is 0 Å². The van der Waals surface area contributed by atoms with Gasteiger partial charge < -0.3 is 20.4 Å². The number of phenols is 2. The number of carboxylic acid groups (broad SMARTS) is 2. The molecule has 4 N–H and O–H groups in total. The zero-order valence-corrected chi connectivity index (χ0v) is 27.4. The lowest BCUT2D eigenvalue weighted by atomic mass is 9.88. The third kappa shape index (κ3) is 15.5. The van der Waals surface area contributed by atoms with E-state index < -0.39 is 23.5 Å². The van der Waals surface area contributed by atoms with Crippen molar-refractivity contribution >= 4 is 23.5 Å². The van der Waals surface area contributed by atoms with Crippen LogP contribution in [0.15, 0.2) is 36.4 Å². The number of ketones is 2.